The molecular weight excluding hydrogens is 408 g/mol. The maximum absolute atomic E-state index is 6.18. The van der Waals surface area contributed by atoms with Crippen molar-refractivity contribution in [2.75, 3.05) is 11.1 Å². The lowest BCUT2D eigenvalue weighted by atomic mass is 10.1. The first-order chi connectivity index (χ1) is 11.7. The Hall–Kier alpha value is -1.64. The molecule has 122 valence electrons. The zero-order chi connectivity index (χ0) is 16.5. The monoisotopic (exact) mass is 420 g/mol. The van der Waals surface area contributed by atoms with Crippen LogP contribution in [0.2, 0.25) is 0 Å². The summed E-state index contributed by atoms with van der Waals surface area (Å²) in [5.74, 6) is 1.39. The molecule has 0 aliphatic carbocycles. The number of nitrogens with zero attached hydrogens (tertiary/aromatic N) is 3. The number of thiophene rings is 1. The zero-order valence-electron chi connectivity index (χ0n) is 12.7. The van der Waals surface area contributed by atoms with Crippen molar-refractivity contribution in [1.29, 1.82) is 0 Å². The van der Waals surface area contributed by atoms with Gasteiger partial charge >= 0.3 is 0 Å². The molecule has 1 N–H and O–H groups in total. The number of hydrogen-bond acceptors (Lipinski definition) is 7. The number of benzene rings is 1. The van der Waals surface area contributed by atoms with Crippen LogP contribution in [0.25, 0.3) is 11.3 Å². The maximum atomic E-state index is 6.18. The van der Waals surface area contributed by atoms with Crippen LogP contribution in [0.4, 0.5) is 5.69 Å². The molecule has 3 aromatic rings. The minimum Gasteiger partial charge on any atom is -0.447 e. The number of hydrogen-bond donors (Lipinski definition) is 1. The summed E-state index contributed by atoms with van der Waals surface area (Å²) in [5.41, 5.74) is 2.56. The molecule has 1 aromatic carbocycles. The normalized spacial score (nSPS) is 15.7. The van der Waals surface area contributed by atoms with E-state index in [1.165, 1.54) is 0 Å². The number of anilines is 1. The van der Waals surface area contributed by atoms with Crippen LogP contribution in [0.1, 0.15) is 18.0 Å². The van der Waals surface area contributed by atoms with Gasteiger partial charge in [-0.2, -0.15) is 4.98 Å². The highest BCUT2D eigenvalue weighted by Gasteiger charge is 2.26. The Morgan fingerprint density at radius 3 is 2.92 bits per heavy atom. The summed E-state index contributed by atoms with van der Waals surface area (Å²) in [6.45, 7) is 2.06. The van der Waals surface area contributed by atoms with Crippen molar-refractivity contribution in [3.8, 4) is 17.1 Å². The number of fused-ring (bicyclic) bond motifs is 3. The first-order valence-corrected chi connectivity index (χ1v) is 9.99. The Morgan fingerprint density at radius 1 is 1.25 bits per heavy atom. The minimum absolute atomic E-state index is 0.320. The Bertz CT molecular complexity index is 886. The van der Waals surface area contributed by atoms with Crippen molar-refractivity contribution in [3.05, 3.63) is 45.1 Å². The van der Waals surface area contributed by atoms with E-state index in [9.17, 15) is 0 Å². The van der Waals surface area contributed by atoms with Gasteiger partial charge in [0, 0.05) is 11.3 Å². The minimum atomic E-state index is -0.320. The van der Waals surface area contributed by atoms with Crippen LogP contribution < -0.4 is 10.1 Å². The third-order valence-electron chi connectivity index (χ3n) is 3.46. The van der Waals surface area contributed by atoms with Gasteiger partial charge < -0.3 is 10.1 Å². The summed E-state index contributed by atoms with van der Waals surface area (Å²) in [6, 6.07) is 12.0. The number of para-hydroxylation sites is 1. The molecule has 2 aromatic heterocycles. The molecule has 0 unspecified atom stereocenters. The summed E-state index contributed by atoms with van der Waals surface area (Å²) in [5, 5.41) is 12.6. The van der Waals surface area contributed by atoms with Gasteiger partial charge in [0.15, 0.2) is 5.69 Å². The Labute approximate surface area is 156 Å². The number of rotatable bonds is 3. The molecule has 1 aliphatic heterocycles. The highest BCUT2D eigenvalue weighted by atomic mass is 79.9. The number of nitrogens with one attached hydrogen (secondary N) is 1. The second kappa shape index (κ2) is 6.70. The van der Waals surface area contributed by atoms with Crippen molar-refractivity contribution in [2.24, 2.45) is 0 Å². The molecule has 0 saturated carbocycles. The van der Waals surface area contributed by atoms with Gasteiger partial charge in [-0.3, -0.25) is 0 Å². The molecular formula is C16H13BrN4OS2. The smallest absolute Gasteiger partial charge is 0.247 e. The van der Waals surface area contributed by atoms with Gasteiger partial charge in [-0.05, 0) is 39.9 Å². The number of thioether (sulfide) groups is 1. The second-order valence-electron chi connectivity index (χ2n) is 5.01. The van der Waals surface area contributed by atoms with Gasteiger partial charge in [0.2, 0.25) is 17.3 Å². The van der Waals surface area contributed by atoms with E-state index in [1.54, 1.807) is 23.1 Å². The van der Waals surface area contributed by atoms with Crippen molar-refractivity contribution < 1.29 is 4.74 Å². The average molecular weight is 421 g/mol. The van der Waals surface area contributed by atoms with Crippen LogP contribution in [-0.4, -0.2) is 20.9 Å². The molecule has 0 amide bonds. The largest absolute Gasteiger partial charge is 0.447 e. The molecule has 0 radical (unpaired) electrons. The van der Waals surface area contributed by atoms with Crippen molar-refractivity contribution in [1.82, 2.24) is 15.2 Å². The second-order valence-corrected chi connectivity index (χ2v) is 8.74. The maximum Gasteiger partial charge on any atom is 0.247 e. The molecule has 0 saturated heterocycles. The number of halogens is 1. The van der Waals surface area contributed by atoms with Gasteiger partial charge in [-0.1, -0.05) is 36.9 Å². The van der Waals surface area contributed by atoms with E-state index in [0.717, 1.165) is 25.7 Å². The van der Waals surface area contributed by atoms with Crippen LogP contribution >= 0.6 is 39.0 Å². The fraction of sp³-hybridized carbons (Fsp3) is 0.188. The third kappa shape index (κ3) is 3.01. The van der Waals surface area contributed by atoms with E-state index in [2.05, 4.69) is 43.4 Å². The Morgan fingerprint density at radius 2 is 2.12 bits per heavy atom. The van der Waals surface area contributed by atoms with E-state index in [0.29, 0.717) is 16.7 Å². The standard InChI is InChI=1S/C16H13BrN4OS2/c1-2-23-16-19-15-13(20-21-16)9-5-3-4-6-10(9)18-14(22-15)11-7-8-12(17)24-11/h3-8,14,18H,2H2,1H3/t14-/m0/s1. The summed E-state index contributed by atoms with van der Waals surface area (Å²) in [4.78, 5) is 5.63. The topological polar surface area (TPSA) is 59.9 Å². The van der Waals surface area contributed by atoms with Gasteiger partial charge in [-0.25, -0.2) is 0 Å². The first kappa shape index (κ1) is 15.9. The summed E-state index contributed by atoms with van der Waals surface area (Å²) >= 11 is 6.68. The van der Waals surface area contributed by atoms with Crippen LogP contribution in [0, 0.1) is 0 Å². The quantitative estimate of drug-likeness (QED) is 0.602. The molecule has 0 bridgehead atoms. The van der Waals surface area contributed by atoms with E-state index < -0.39 is 0 Å². The number of aromatic nitrogens is 3. The molecule has 8 heteroatoms. The van der Waals surface area contributed by atoms with Crippen LogP contribution in [0.15, 0.2) is 45.3 Å². The highest BCUT2D eigenvalue weighted by molar-refractivity contribution is 9.11. The molecule has 1 aliphatic rings. The van der Waals surface area contributed by atoms with Crippen molar-refractivity contribution in [3.63, 3.8) is 0 Å². The van der Waals surface area contributed by atoms with Crippen molar-refractivity contribution in [2.45, 2.75) is 18.3 Å². The van der Waals surface area contributed by atoms with Gasteiger partial charge in [0.05, 0.1) is 8.66 Å². The summed E-state index contributed by atoms with van der Waals surface area (Å²) in [7, 11) is 0. The molecule has 5 nitrogen and oxygen atoms in total. The van der Waals surface area contributed by atoms with Crippen LogP contribution in [0.5, 0.6) is 5.88 Å². The predicted octanol–water partition coefficient (Wildman–Crippen LogP) is 4.98. The van der Waals surface area contributed by atoms with Gasteiger partial charge in [-0.15, -0.1) is 21.5 Å². The lowest BCUT2D eigenvalue weighted by Crippen LogP contribution is -2.15. The zero-order valence-corrected chi connectivity index (χ0v) is 15.9. The molecule has 3 heterocycles. The fourth-order valence-electron chi connectivity index (χ4n) is 2.44. The molecule has 4 rings (SSSR count). The van der Waals surface area contributed by atoms with E-state index in [4.69, 9.17) is 4.74 Å². The predicted molar refractivity (Wildman–Crippen MR) is 101 cm³/mol. The van der Waals surface area contributed by atoms with Gasteiger partial charge in [0.1, 0.15) is 0 Å². The molecule has 0 spiro atoms. The van der Waals surface area contributed by atoms with Crippen LogP contribution in [0.3, 0.4) is 0 Å². The number of ether oxygens (including phenoxy) is 1. The first-order valence-electron chi connectivity index (χ1n) is 7.40. The fourth-order valence-corrected chi connectivity index (χ4v) is 4.34. The molecule has 24 heavy (non-hydrogen) atoms. The lowest BCUT2D eigenvalue weighted by molar-refractivity contribution is 0.229. The lowest BCUT2D eigenvalue weighted by Gasteiger charge is -2.17. The highest BCUT2D eigenvalue weighted by Crippen LogP contribution is 2.41. The Kier molecular flexibility index (Phi) is 4.43. The summed E-state index contributed by atoms with van der Waals surface area (Å²) < 4.78 is 7.24. The van der Waals surface area contributed by atoms with E-state index >= 15 is 0 Å². The molecule has 1 atom stereocenters. The average Bonchev–Trinajstić information content (AvgIpc) is 2.95. The molecule has 0 fully saturated rings. The van der Waals surface area contributed by atoms with E-state index in [1.807, 2.05) is 36.4 Å². The van der Waals surface area contributed by atoms with Gasteiger partial charge in [0.25, 0.3) is 0 Å². The third-order valence-corrected chi connectivity index (χ3v) is 5.85. The summed E-state index contributed by atoms with van der Waals surface area (Å²) in [6.07, 6.45) is -0.320. The van der Waals surface area contributed by atoms with E-state index in [-0.39, 0.29) is 6.23 Å². The Balaban J connectivity index is 1.83. The SMILES string of the molecule is CCSc1nnc2c(n1)O[C@@H](c1ccc(Br)s1)Nc1ccccc1-2. The van der Waals surface area contributed by atoms with Crippen LogP contribution in [-0.2, 0) is 0 Å². The van der Waals surface area contributed by atoms with Crippen molar-refractivity contribution >= 4 is 44.7 Å².